The molecule has 0 aliphatic rings. The summed E-state index contributed by atoms with van der Waals surface area (Å²) in [6, 6.07) is -0.330. The lowest BCUT2D eigenvalue weighted by atomic mass is 9.97. The molecule has 0 saturated heterocycles. The van der Waals surface area contributed by atoms with E-state index in [2.05, 4.69) is 4.98 Å². The SMILES string of the molecule is Nc1c(-c2c(F)c(F)c(F)c(F)c2F)cc(C(F)(F)F)nc1-c1c(F)c(F)c(F)c(F)c1F. The van der Waals surface area contributed by atoms with E-state index < -0.39 is 98.1 Å². The number of hydrogen-bond donors (Lipinski definition) is 1. The van der Waals surface area contributed by atoms with Crippen molar-refractivity contribution in [1.82, 2.24) is 4.98 Å². The van der Waals surface area contributed by atoms with Gasteiger partial charge in [-0.2, -0.15) is 13.2 Å². The van der Waals surface area contributed by atoms with Crippen molar-refractivity contribution in [3.05, 3.63) is 69.9 Å². The normalized spacial score (nSPS) is 11.9. The molecule has 33 heavy (non-hydrogen) atoms. The number of rotatable bonds is 2. The number of hydrogen-bond acceptors (Lipinski definition) is 2. The van der Waals surface area contributed by atoms with Crippen molar-refractivity contribution in [3.63, 3.8) is 0 Å². The summed E-state index contributed by atoms with van der Waals surface area (Å²) < 4.78 is 177. The molecule has 0 radical (unpaired) electrons. The molecule has 0 bridgehead atoms. The van der Waals surface area contributed by atoms with Gasteiger partial charge in [-0.1, -0.05) is 0 Å². The number of nitrogens with zero attached hydrogens (tertiary/aromatic N) is 1. The van der Waals surface area contributed by atoms with Crippen LogP contribution >= 0.6 is 0 Å². The monoisotopic (exact) mass is 494 g/mol. The molecule has 3 rings (SSSR count). The fourth-order valence-electron chi connectivity index (χ4n) is 2.75. The average Bonchev–Trinajstić information content (AvgIpc) is 2.75. The highest BCUT2D eigenvalue weighted by Gasteiger charge is 2.38. The van der Waals surface area contributed by atoms with Crippen molar-refractivity contribution in [1.29, 1.82) is 0 Å². The predicted octanol–water partition coefficient (Wildman–Crippen LogP) is 6.41. The number of halogens is 13. The van der Waals surface area contributed by atoms with Gasteiger partial charge in [0.25, 0.3) is 0 Å². The molecule has 2 nitrogen and oxygen atoms in total. The van der Waals surface area contributed by atoms with Crippen LogP contribution in [0.2, 0.25) is 0 Å². The van der Waals surface area contributed by atoms with Crippen LogP contribution in [0, 0.1) is 58.2 Å². The van der Waals surface area contributed by atoms with Gasteiger partial charge in [-0.05, 0) is 6.07 Å². The lowest BCUT2D eigenvalue weighted by molar-refractivity contribution is -0.141. The lowest BCUT2D eigenvalue weighted by Gasteiger charge is -2.17. The zero-order chi connectivity index (χ0) is 25.2. The van der Waals surface area contributed by atoms with E-state index in [1.807, 2.05) is 0 Å². The molecule has 1 aromatic heterocycles. The van der Waals surface area contributed by atoms with Crippen LogP contribution in [-0.2, 0) is 6.18 Å². The molecule has 1 heterocycles. The van der Waals surface area contributed by atoms with Gasteiger partial charge in [0.1, 0.15) is 11.4 Å². The largest absolute Gasteiger partial charge is 0.433 e. The van der Waals surface area contributed by atoms with Crippen LogP contribution in [-0.4, -0.2) is 4.98 Å². The number of benzene rings is 2. The van der Waals surface area contributed by atoms with Gasteiger partial charge >= 0.3 is 6.18 Å². The maximum atomic E-state index is 14.2. The van der Waals surface area contributed by atoms with E-state index in [1.54, 1.807) is 0 Å². The zero-order valence-corrected chi connectivity index (χ0v) is 15.0. The van der Waals surface area contributed by atoms with Crippen LogP contribution in [0.4, 0.5) is 62.8 Å². The summed E-state index contributed by atoms with van der Waals surface area (Å²) in [4.78, 5) is 2.66. The van der Waals surface area contributed by atoms with Crippen molar-refractivity contribution in [3.8, 4) is 22.4 Å². The van der Waals surface area contributed by atoms with E-state index in [1.165, 1.54) is 0 Å². The van der Waals surface area contributed by atoms with Gasteiger partial charge in [-0.3, -0.25) is 0 Å². The summed E-state index contributed by atoms with van der Waals surface area (Å²) in [5, 5.41) is 0. The summed E-state index contributed by atoms with van der Waals surface area (Å²) in [5.41, 5.74) is -6.27. The van der Waals surface area contributed by atoms with Gasteiger partial charge in [0.05, 0.1) is 16.8 Å². The van der Waals surface area contributed by atoms with Crippen LogP contribution in [0.3, 0.4) is 0 Å². The van der Waals surface area contributed by atoms with Gasteiger partial charge in [0, 0.05) is 5.56 Å². The Labute approximate surface area is 173 Å². The van der Waals surface area contributed by atoms with Crippen molar-refractivity contribution < 1.29 is 57.1 Å². The highest BCUT2D eigenvalue weighted by atomic mass is 19.4. The number of pyridine rings is 1. The predicted molar refractivity (Wildman–Crippen MR) is 84.1 cm³/mol. The minimum atomic E-state index is -5.61. The number of nitrogen functional groups attached to an aromatic ring is 1. The molecule has 0 aliphatic carbocycles. The first-order valence-corrected chi connectivity index (χ1v) is 8.02. The number of nitrogens with two attached hydrogens (primary N) is 1. The minimum Gasteiger partial charge on any atom is -0.396 e. The molecule has 176 valence electrons. The third-order valence-corrected chi connectivity index (χ3v) is 4.27. The van der Waals surface area contributed by atoms with Gasteiger partial charge in [0.2, 0.25) is 11.6 Å². The van der Waals surface area contributed by atoms with Crippen LogP contribution < -0.4 is 5.73 Å². The first-order chi connectivity index (χ1) is 15.1. The second-order valence-corrected chi connectivity index (χ2v) is 6.20. The molecule has 3 aromatic rings. The molecular weight excluding hydrogens is 491 g/mol. The summed E-state index contributed by atoms with van der Waals surface area (Å²) in [6.45, 7) is 0. The minimum absolute atomic E-state index is 0.330. The van der Waals surface area contributed by atoms with Gasteiger partial charge in [-0.15, -0.1) is 0 Å². The van der Waals surface area contributed by atoms with Crippen molar-refractivity contribution in [2.45, 2.75) is 6.18 Å². The molecule has 0 saturated carbocycles. The quantitative estimate of drug-likeness (QED) is 0.254. The summed E-state index contributed by atoms with van der Waals surface area (Å²) in [7, 11) is 0. The van der Waals surface area contributed by atoms with E-state index >= 15 is 0 Å². The Morgan fingerprint density at radius 1 is 0.545 bits per heavy atom. The van der Waals surface area contributed by atoms with E-state index in [9.17, 15) is 57.1 Å². The van der Waals surface area contributed by atoms with Crippen LogP contribution in [0.5, 0.6) is 0 Å². The topological polar surface area (TPSA) is 38.9 Å². The molecule has 0 aliphatic heterocycles. The van der Waals surface area contributed by atoms with E-state index in [0.29, 0.717) is 0 Å². The second-order valence-electron chi connectivity index (χ2n) is 6.20. The summed E-state index contributed by atoms with van der Waals surface area (Å²) in [5.74, 6) is -26.8. The maximum absolute atomic E-state index is 14.2. The molecule has 0 spiro atoms. The summed E-state index contributed by atoms with van der Waals surface area (Å²) >= 11 is 0. The fourth-order valence-corrected chi connectivity index (χ4v) is 2.75. The second kappa shape index (κ2) is 7.81. The number of alkyl halides is 3. The van der Waals surface area contributed by atoms with E-state index in [4.69, 9.17) is 5.73 Å². The van der Waals surface area contributed by atoms with Crippen LogP contribution in [0.25, 0.3) is 22.4 Å². The molecule has 0 fully saturated rings. The van der Waals surface area contributed by atoms with Gasteiger partial charge < -0.3 is 5.73 Å². The Hall–Kier alpha value is -3.52. The van der Waals surface area contributed by atoms with Crippen molar-refractivity contribution >= 4 is 5.69 Å². The third kappa shape index (κ3) is 3.60. The van der Waals surface area contributed by atoms with Crippen molar-refractivity contribution in [2.75, 3.05) is 5.73 Å². The maximum Gasteiger partial charge on any atom is 0.433 e. The average molecular weight is 494 g/mol. The number of aromatic nitrogens is 1. The third-order valence-electron chi connectivity index (χ3n) is 4.27. The molecular formula is C18H3F13N2. The Morgan fingerprint density at radius 3 is 1.24 bits per heavy atom. The Bertz CT molecular complexity index is 1170. The first kappa shape index (κ1) is 24.1. The molecule has 15 heteroatoms. The van der Waals surface area contributed by atoms with E-state index in [0.717, 1.165) is 0 Å². The summed E-state index contributed by atoms with van der Waals surface area (Å²) in [6.07, 6.45) is -5.61. The number of anilines is 1. The fraction of sp³-hybridized carbons (Fsp3) is 0.0556. The smallest absolute Gasteiger partial charge is 0.396 e. The van der Waals surface area contributed by atoms with Gasteiger partial charge in [0.15, 0.2) is 46.5 Å². The molecule has 2 N–H and O–H groups in total. The Morgan fingerprint density at radius 2 is 0.879 bits per heavy atom. The van der Waals surface area contributed by atoms with E-state index in [-0.39, 0.29) is 6.07 Å². The van der Waals surface area contributed by atoms with Crippen molar-refractivity contribution in [2.24, 2.45) is 0 Å². The van der Waals surface area contributed by atoms with Gasteiger partial charge in [-0.25, -0.2) is 48.9 Å². The highest BCUT2D eigenvalue weighted by molar-refractivity contribution is 5.88. The first-order valence-electron chi connectivity index (χ1n) is 8.02. The molecule has 0 amide bonds. The lowest BCUT2D eigenvalue weighted by Crippen LogP contribution is -2.14. The van der Waals surface area contributed by atoms with Crippen LogP contribution in [0.1, 0.15) is 5.69 Å². The molecule has 0 unspecified atom stereocenters. The zero-order valence-electron chi connectivity index (χ0n) is 15.0. The van der Waals surface area contributed by atoms with Crippen LogP contribution in [0.15, 0.2) is 6.07 Å². The molecule has 2 aromatic carbocycles. The standard InChI is InChI=1S/C18H3F13N2/c19-6-4(7(20)11(24)14(27)10(6)23)2-1-3(18(29,30)31)33-17(16(2)32)5-8(21)12(25)15(28)13(26)9(5)22/h1H,32H2. The molecule has 0 atom stereocenters. The Balaban J connectivity index is 2.56. The highest BCUT2D eigenvalue weighted by Crippen LogP contribution is 2.43. The Kier molecular flexibility index (Phi) is 5.71.